The van der Waals surface area contributed by atoms with E-state index in [0.717, 1.165) is 56.1 Å². The molecule has 0 saturated carbocycles. The number of aliphatic carboxylic acids is 2. The fourth-order valence-electron chi connectivity index (χ4n) is 9.43. The molecule has 2 aliphatic rings. The van der Waals surface area contributed by atoms with Gasteiger partial charge in [-0.15, -0.1) is 22.7 Å². The van der Waals surface area contributed by atoms with Gasteiger partial charge in [-0.3, -0.25) is 19.2 Å². The Kier molecular flexibility index (Phi) is 23.7. The average molecular weight is 1370 g/mol. The van der Waals surface area contributed by atoms with Crippen LogP contribution in [0, 0.1) is 0 Å². The first kappa shape index (κ1) is 73.2. The zero-order valence-corrected chi connectivity index (χ0v) is 58.2. The first-order valence-electron chi connectivity index (χ1n) is 27.6. The van der Waals surface area contributed by atoms with Gasteiger partial charge in [0.15, 0.2) is 42.3 Å². The van der Waals surface area contributed by atoms with Crippen molar-refractivity contribution >= 4 is 101 Å². The Morgan fingerprint density at radius 3 is 0.947 bits per heavy atom. The molecule has 2 aliphatic heterocycles. The summed E-state index contributed by atoms with van der Waals surface area (Å²) in [7, 11) is -10.1. The number of hydrogen-bond acceptors (Lipinski definition) is 22. The van der Waals surface area contributed by atoms with Crippen LogP contribution in [0.25, 0.3) is 0 Å². The minimum Gasteiger partial charge on any atom is -0.731 e. The third kappa shape index (κ3) is 16.3. The van der Waals surface area contributed by atoms with Crippen molar-refractivity contribution in [3.8, 4) is 0 Å². The number of thiazole rings is 2. The van der Waals surface area contributed by atoms with Crippen molar-refractivity contribution in [3.63, 3.8) is 0 Å². The molecule has 26 nitrogen and oxygen atoms in total. The van der Waals surface area contributed by atoms with E-state index in [1.165, 1.54) is 38.5 Å². The molecule has 94 heavy (non-hydrogen) atoms. The number of nitrogens with one attached hydrogen (secondary N) is 4. The largest absolute Gasteiger partial charge is 1.00 e. The molecule has 6 N–H and O–H groups in total. The van der Waals surface area contributed by atoms with Crippen LogP contribution in [0.3, 0.4) is 0 Å². The van der Waals surface area contributed by atoms with E-state index in [4.69, 9.17) is 9.68 Å². The van der Waals surface area contributed by atoms with Crippen LogP contribution in [0.4, 0.5) is 10.3 Å². The van der Waals surface area contributed by atoms with Gasteiger partial charge in [-0.1, -0.05) is 192 Å². The minimum atomic E-state index is -5.04. The SMILES string of the molecule is CC(C)(O/N=C(\C(=O)NC1CN(S(=O)(=O)[O-])C1=O)c1csc(NC(c2ccccc2)(c2ccccc2)c2ccccc2)n1)C(=O)O.CC(C)(O/N=C(\C(=O)NC1CN(S(=O)(=O)[O-])C1=O)c1csc(NC(c2ccccc2)(c2ccccc2)c2ccccc2)n1)C(=O)O.[Na+].[Na+]. The van der Waals surface area contributed by atoms with E-state index in [1.807, 2.05) is 182 Å². The van der Waals surface area contributed by atoms with E-state index in [1.54, 1.807) is 0 Å². The summed E-state index contributed by atoms with van der Waals surface area (Å²) >= 11 is 2.28. The number of rotatable bonds is 24. The number of nitrogens with zero attached hydrogens (tertiary/aromatic N) is 6. The Hall–Kier alpha value is -8.24. The Labute approximate surface area is 591 Å². The predicted molar refractivity (Wildman–Crippen MR) is 335 cm³/mol. The van der Waals surface area contributed by atoms with Crippen molar-refractivity contribution in [2.45, 2.75) is 62.1 Å². The molecule has 32 heteroatoms. The van der Waals surface area contributed by atoms with Gasteiger partial charge in [0.1, 0.15) is 34.5 Å². The quantitative estimate of drug-likeness (QED) is 0.0114. The molecule has 2 unspecified atom stereocenters. The maximum Gasteiger partial charge on any atom is 1.00 e. The zero-order valence-electron chi connectivity index (χ0n) is 51.0. The molecular formula is C62H56N10Na2O16S4. The Balaban J connectivity index is 0.000000260. The van der Waals surface area contributed by atoms with Crippen LogP contribution in [0.1, 0.15) is 72.5 Å². The molecule has 0 bridgehead atoms. The van der Waals surface area contributed by atoms with E-state index in [9.17, 15) is 64.9 Å². The Bertz CT molecular complexity index is 3860. The summed E-state index contributed by atoms with van der Waals surface area (Å²) in [6, 6.07) is 55.5. The maximum atomic E-state index is 13.4. The van der Waals surface area contributed by atoms with E-state index >= 15 is 0 Å². The summed E-state index contributed by atoms with van der Waals surface area (Å²) in [4.78, 5) is 94.2. The normalized spacial score (nSPS) is 15.2. The fraction of sp³-hybridized carbons (Fsp3) is 0.194. The van der Waals surface area contributed by atoms with Gasteiger partial charge in [-0.05, 0) is 61.1 Å². The first-order valence-corrected chi connectivity index (χ1v) is 32.1. The van der Waals surface area contributed by atoms with Gasteiger partial charge in [0.05, 0.1) is 13.1 Å². The van der Waals surface area contributed by atoms with Crippen LogP contribution in [0.15, 0.2) is 203 Å². The molecule has 2 fully saturated rings. The number of carbonyl (C=O) groups excluding carboxylic acids is 4. The van der Waals surface area contributed by atoms with Gasteiger partial charge in [-0.25, -0.2) is 45.0 Å². The van der Waals surface area contributed by atoms with Crippen LogP contribution >= 0.6 is 22.7 Å². The second kappa shape index (κ2) is 30.4. The molecule has 476 valence electrons. The Morgan fingerprint density at radius 1 is 0.489 bits per heavy atom. The number of anilines is 2. The number of carboxylic acids is 2. The van der Waals surface area contributed by atoms with Crippen LogP contribution in [-0.2, 0) is 70.1 Å². The summed E-state index contributed by atoms with van der Waals surface area (Å²) in [5, 5.41) is 42.1. The van der Waals surface area contributed by atoms with Crippen molar-refractivity contribution in [2.75, 3.05) is 23.7 Å². The van der Waals surface area contributed by atoms with Crippen LogP contribution in [0.2, 0.25) is 0 Å². The number of benzene rings is 6. The number of hydrogen-bond donors (Lipinski definition) is 6. The first-order chi connectivity index (χ1) is 43.7. The number of carbonyl (C=O) groups is 6. The minimum absolute atomic E-state index is 0. The summed E-state index contributed by atoms with van der Waals surface area (Å²) in [5.74, 6) is -6.96. The summed E-state index contributed by atoms with van der Waals surface area (Å²) in [6.45, 7) is 3.77. The Morgan fingerprint density at radius 2 is 0.734 bits per heavy atom. The topological polar surface area (TPSA) is 381 Å². The molecule has 4 amide bonds. The van der Waals surface area contributed by atoms with E-state index < -0.39 is 115 Å². The molecule has 2 aromatic heterocycles. The maximum absolute atomic E-state index is 13.4. The third-order valence-electron chi connectivity index (χ3n) is 14.4. The van der Waals surface area contributed by atoms with Crippen LogP contribution in [-0.4, -0.2) is 138 Å². The number of carboxylic acid groups (broad SMARTS) is 2. The molecule has 8 aromatic rings. The molecule has 4 heterocycles. The summed E-state index contributed by atoms with van der Waals surface area (Å²) in [5.41, 5.74) is -1.22. The standard InChI is InChI=1S/2C31H29N5O8S2.2Na/c2*1-30(2,28(39)40)44-35-25(26(37)32-23-18-36(27(23)38)46(41,42)43)24-19-45-29(33-24)34-31(20-12-6-3-7-13-20,21-14-8-4-9-15-21)22-16-10-5-11-17-22;;/h2*3-17,19,23H,18H2,1-2H3,(H,32,37)(H,33,34)(H,39,40)(H,41,42,43);;/q;;2*+1/p-2/b2*35-25-;;. The molecular weight excluding hydrogens is 1310 g/mol. The van der Waals surface area contributed by atoms with Crippen molar-refractivity contribution in [1.29, 1.82) is 0 Å². The molecule has 0 spiro atoms. The molecule has 10 rings (SSSR count). The van der Waals surface area contributed by atoms with Gasteiger partial charge in [0.25, 0.3) is 23.6 Å². The molecule has 6 aromatic carbocycles. The number of oxime groups is 2. The van der Waals surface area contributed by atoms with E-state index in [-0.39, 0.29) is 79.1 Å². The fourth-order valence-corrected chi connectivity index (χ4v) is 12.3. The van der Waals surface area contributed by atoms with Gasteiger partial charge in [0, 0.05) is 10.8 Å². The molecule has 2 saturated heterocycles. The van der Waals surface area contributed by atoms with Crippen molar-refractivity contribution < 1.29 is 134 Å². The number of aromatic nitrogens is 2. The average Bonchev–Trinajstić information content (AvgIpc) is 1.38. The second-order valence-corrected chi connectivity index (χ2v) is 25.7. The van der Waals surface area contributed by atoms with Gasteiger partial charge in [0.2, 0.25) is 11.2 Å². The third-order valence-corrected chi connectivity index (χ3v) is 17.7. The second-order valence-electron chi connectivity index (χ2n) is 21.4. The van der Waals surface area contributed by atoms with Crippen molar-refractivity contribution in [3.05, 3.63) is 238 Å². The van der Waals surface area contributed by atoms with Gasteiger partial charge in [-0.2, -0.15) is 0 Å². The van der Waals surface area contributed by atoms with E-state index in [2.05, 4.69) is 41.5 Å². The summed E-state index contributed by atoms with van der Waals surface area (Å²) in [6.07, 6.45) is 0. The van der Waals surface area contributed by atoms with Gasteiger partial charge < -0.3 is 50.3 Å². The van der Waals surface area contributed by atoms with E-state index in [0.29, 0.717) is 10.3 Å². The smallest absolute Gasteiger partial charge is 0.731 e. The predicted octanol–water partition coefficient (Wildman–Crippen LogP) is -0.156. The molecule has 0 aliphatic carbocycles. The van der Waals surface area contributed by atoms with Crippen molar-refractivity contribution in [1.82, 2.24) is 29.2 Å². The van der Waals surface area contributed by atoms with Gasteiger partial charge >= 0.3 is 71.1 Å². The monoisotopic (exact) mass is 1370 g/mol. The van der Waals surface area contributed by atoms with Crippen LogP contribution in [0.5, 0.6) is 0 Å². The van der Waals surface area contributed by atoms with Crippen molar-refractivity contribution in [2.24, 2.45) is 10.3 Å². The molecule has 0 radical (unpaired) electrons. The number of amides is 4. The van der Waals surface area contributed by atoms with Crippen LogP contribution < -0.4 is 80.4 Å². The number of β-lactam (4-membered cyclic amide) rings is 2. The zero-order chi connectivity index (χ0) is 66.2. The molecule has 2 atom stereocenters. The summed E-state index contributed by atoms with van der Waals surface area (Å²) < 4.78 is 67.6.